The maximum atomic E-state index is 12.2. The second-order valence-corrected chi connectivity index (χ2v) is 9.71. The van der Waals surface area contributed by atoms with Crippen molar-refractivity contribution in [2.75, 3.05) is 0 Å². The third kappa shape index (κ3) is 3.47. The summed E-state index contributed by atoms with van der Waals surface area (Å²) in [6.07, 6.45) is -0.240. The molecule has 0 aliphatic heterocycles. The van der Waals surface area contributed by atoms with Gasteiger partial charge in [-0.15, -0.1) is 0 Å². The van der Waals surface area contributed by atoms with Crippen LogP contribution in [0.4, 0.5) is 0 Å². The summed E-state index contributed by atoms with van der Waals surface area (Å²) in [4.78, 5) is 12.2. The summed E-state index contributed by atoms with van der Waals surface area (Å²) in [6, 6.07) is 7.46. The number of rotatable bonds is 3. The van der Waals surface area contributed by atoms with Gasteiger partial charge in [-0.2, -0.15) is 0 Å². The van der Waals surface area contributed by atoms with Crippen LogP contribution in [-0.2, 0) is 4.43 Å². The van der Waals surface area contributed by atoms with Crippen LogP contribution in [0.3, 0.4) is 0 Å². The van der Waals surface area contributed by atoms with Gasteiger partial charge in [-0.3, -0.25) is 0 Å². The van der Waals surface area contributed by atoms with E-state index in [1.165, 1.54) is 0 Å². The first-order valence-electron chi connectivity index (χ1n) is 7.08. The molecule has 114 valence electrons. The topological polar surface area (TPSA) is 39.4 Å². The van der Waals surface area contributed by atoms with Gasteiger partial charge in [0.1, 0.15) is 6.10 Å². The number of hydrogen-bond donors (Lipinski definition) is 0. The highest BCUT2D eigenvalue weighted by Crippen LogP contribution is 2.41. The Morgan fingerprint density at radius 3 is 2.29 bits per heavy atom. The number of halogens is 1. The Bertz CT molecular complexity index is 701. The summed E-state index contributed by atoms with van der Waals surface area (Å²) in [5.41, 5.74) is -0.467. The molecule has 1 unspecified atom stereocenters. The number of benzene rings is 1. The van der Waals surface area contributed by atoms with Crippen LogP contribution in [0.1, 0.15) is 32.6 Å². The van der Waals surface area contributed by atoms with Crippen molar-refractivity contribution in [1.82, 2.24) is 0 Å². The SMILES string of the molecule is C[SiH](C)OC(c1oc(=O)c2ccccc2c1Br)C(C)(C)C. The van der Waals surface area contributed by atoms with Crippen LogP contribution in [0.15, 0.2) is 37.9 Å². The zero-order valence-corrected chi connectivity index (χ0v) is 15.8. The molecule has 1 aromatic carbocycles. The summed E-state index contributed by atoms with van der Waals surface area (Å²) in [5.74, 6) is 0.590. The maximum Gasteiger partial charge on any atom is 0.343 e. The van der Waals surface area contributed by atoms with Crippen molar-refractivity contribution in [3.05, 3.63) is 44.9 Å². The van der Waals surface area contributed by atoms with E-state index in [2.05, 4.69) is 49.8 Å². The molecular weight excluding hydrogens is 348 g/mol. The first-order chi connectivity index (χ1) is 9.71. The fourth-order valence-electron chi connectivity index (χ4n) is 2.28. The van der Waals surface area contributed by atoms with E-state index < -0.39 is 9.04 Å². The molecule has 2 rings (SSSR count). The molecule has 0 amide bonds. The summed E-state index contributed by atoms with van der Waals surface area (Å²) in [6.45, 7) is 10.5. The molecule has 0 bridgehead atoms. The number of fused-ring (bicyclic) bond motifs is 1. The van der Waals surface area contributed by atoms with Gasteiger partial charge < -0.3 is 8.84 Å². The molecule has 21 heavy (non-hydrogen) atoms. The third-order valence-corrected chi connectivity index (χ3v) is 4.87. The van der Waals surface area contributed by atoms with Crippen LogP contribution in [0, 0.1) is 5.41 Å². The molecule has 1 atom stereocenters. The molecule has 1 heterocycles. The average molecular weight is 369 g/mol. The van der Waals surface area contributed by atoms with Crippen LogP contribution in [0.25, 0.3) is 10.8 Å². The van der Waals surface area contributed by atoms with Gasteiger partial charge >= 0.3 is 5.63 Å². The predicted octanol–water partition coefficient (Wildman–Crippen LogP) is 4.64. The van der Waals surface area contributed by atoms with Crippen molar-refractivity contribution >= 4 is 35.7 Å². The summed E-state index contributed by atoms with van der Waals surface area (Å²) in [7, 11) is -1.28. The van der Waals surface area contributed by atoms with Gasteiger partial charge in [0.2, 0.25) is 0 Å². The molecule has 0 aliphatic carbocycles. The maximum absolute atomic E-state index is 12.2. The van der Waals surface area contributed by atoms with E-state index >= 15 is 0 Å². The summed E-state index contributed by atoms with van der Waals surface area (Å²) in [5, 5.41) is 1.45. The standard InChI is InChI=1S/C16H21BrO3Si/c1-16(2,3)14(20-21(4)5)13-12(17)10-8-6-7-9-11(10)15(18)19-13/h6-9,14,21H,1-5H3. The fraction of sp³-hybridized carbons (Fsp3) is 0.438. The van der Waals surface area contributed by atoms with E-state index in [1.807, 2.05) is 18.2 Å². The molecule has 1 aromatic heterocycles. The summed E-state index contributed by atoms with van der Waals surface area (Å²) >= 11 is 3.60. The third-order valence-electron chi connectivity index (χ3n) is 3.24. The first kappa shape index (κ1) is 16.5. The Morgan fingerprint density at radius 2 is 1.76 bits per heavy atom. The van der Waals surface area contributed by atoms with Gasteiger partial charge in [0, 0.05) is 5.39 Å². The molecule has 0 aliphatic rings. The lowest BCUT2D eigenvalue weighted by molar-refractivity contribution is 0.0627. The lowest BCUT2D eigenvalue weighted by atomic mass is 9.87. The van der Waals surface area contributed by atoms with E-state index in [9.17, 15) is 4.79 Å². The molecule has 0 fully saturated rings. The molecule has 0 radical (unpaired) electrons. The van der Waals surface area contributed by atoms with Crippen molar-refractivity contribution in [2.45, 2.75) is 40.0 Å². The van der Waals surface area contributed by atoms with Gasteiger partial charge in [-0.05, 0) is 40.5 Å². The van der Waals surface area contributed by atoms with Crippen LogP contribution in [0.5, 0.6) is 0 Å². The van der Waals surface area contributed by atoms with Crippen LogP contribution in [-0.4, -0.2) is 9.04 Å². The molecule has 0 spiro atoms. The highest BCUT2D eigenvalue weighted by molar-refractivity contribution is 9.10. The fourth-order valence-corrected chi connectivity index (χ4v) is 4.00. The zero-order chi connectivity index (χ0) is 15.8. The predicted molar refractivity (Wildman–Crippen MR) is 92.3 cm³/mol. The normalized spacial score (nSPS) is 13.9. The van der Waals surface area contributed by atoms with Crippen LogP contribution < -0.4 is 5.63 Å². The molecule has 0 saturated carbocycles. The van der Waals surface area contributed by atoms with Crippen molar-refractivity contribution < 1.29 is 8.84 Å². The highest BCUT2D eigenvalue weighted by Gasteiger charge is 2.32. The van der Waals surface area contributed by atoms with Gasteiger partial charge in [-0.25, -0.2) is 4.79 Å². The van der Waals surface area contributed by atoms with E-state index in [0.717, 1.165) is 9.86 Å². The lowest BCUT2D eigenvalue weighted by Gasteiger charge is -2.32. The lowest BCUT2D eigenvalue weighted by Crippen LogP contribution is -2.27. The molecular formula is C16H21BrO3Si. The van der Waals surface area contributed by atoms with E-state index in [0.29, 0.717) is 11.1 Å². The van der Waals surface area contributed by atoms with Crippen LogP contribution in [0.2, 0.25) is 13.1 Å². The van der Waals surface area contributed by atoms with Crippen molar-refractivity contribution in [1.29, 1.82) is 0 Å². The second kappa shape index (κ2) is 6.06. The molecule has 3 nitrogen and oxygen atoms in total. The minimum atomic E-state index is -1.28. The van der Waals surface area contributed by atoms with Gasteiger partial charge in [0.25, 0.3) is 0 Å². The Kier molecular flexibility index (Phi) is 4.75. The van der Waals surface area contributed by atoms with Crippen molar-refractivity contribution in [3.8, 4) is 0 Å². The summed E-state index contributed by atoms with van der Waals surface area (Å²) < 4.78 is 12.6. The Labute approximate surface area is 135 Å². The van der Waals surface area contributed by atoms with Gasteiger partial charge in [0.15, 0.2) is 14.8 Å². The van der Waals surface area contributed by atoms with Crippen molar-refractivity contribution in [3.63, 3.8) is 0 Å². The van der Waals surface area contributed by atoms with E-state index in [1.54, 1.807) is 6.07 Å². The zero-order valence-electron chi connectivity index (χ0n) is 13.1. The molecule has 0 saturated heterocycles. The molecule has 0 N–H and O–H groups in total. The van der Waals surface area contributed by atoms with Crippen LogP contribution >= 0.6 is 15.9 Å². The average Bonchev–Trinajstić information content (AvgIpc) is 2.39. The highest BCUT2D eigenvalue weighted by atomic mass is 79.9. The van der Waals surface area contributed by atoms with Gasteiger partial charge in [0.05, 0.1) is 9.86 Å². The monoisotopic (exact) mass is 368 g/mol. The molecule has 5 heteroatoms. The quantitative estimate of drug-likeness (QED) is 0.740. The Balaban J connectivity index is 2.69. The van der Waals surface area contributed by atoms with Gasteiger partial charge in [-0.1, -0.05) is 39.0 Å². The van der Waals surface area contributed by atoms with E-state index in [-0.39, 0.29) is 17.1 Å². The smallest absolute Gasteiger partial charge is 0.343 e. The molecule has 2 aromatic rings. The second-order valence-electron chi connectivity index (χ2n) is 6.54. The van der Waals surface area contributed by atoms with E-state index in [4.69, 9.17) is 8.84 Å². The largest absolute Gasteiger partial charge is 0.423 e. The Hall–Kier alpha value is -0.913. The van der Waals surface area contributed by atoms with Crippen molar-refractivity contribution in [2.24, 2.45) is 5.41 Å². The minimum Gasteiger partial charge on any atom is -0.423 e. The Morgan fingerprint density at radius 1 is 1.19 bits per heavy atom. The number of hydrogen-bond acceptors (Lipinski definition) is 3. The minimum absolute atomic E-state index is 0.155. The first-order valence-corrected chi connectivity index (χ1v) is 10.7.